The fraction of sp³-hybridized carbons (Fsp3) is 0.333. The summed E-state index contributed by atoms with van der Waals surface area (Å²) in [6, 6.07) is 2.98. The Morgan fingerprint density at radius 3 is 2.52 bits per heavy atom. The van der Waals surface area contributed by atoms with Crippen LogP contribution in [0.3, 0.4) is 0 Å². The van der Waals surface area contributed by atoms with Crippen LogP contribution in [0.5, 0.6) is 0 Å². The Hall–Kier alpha value is -2.24. The predicted molar refractivity (Wildman–Crippen MR) is 71.2 cm³/mol. The number of carboxylic acid groups (broad SMARTS) is 1. The fourth-order valence-corrected chi connectivity index (χ4v) is 2.37. The number of allylic oxidation sites excluding steroid dienone is 2. The third-order valence-electron chi connectivity index (χ3n) is 3.55. The molecule has 0 heterocycles. The highest BCUT2D eigenvalue weighted by Gasteiger charge is 2.33. The van der Waals surface area contributed by atoms with Gasteiger partial charge in [-0.1, -0.05) is 12.2 Å². The van der Waals surface area contributed by atoms with Crippen molar-refractivity contribution in [2.75, 3.05) is 0 Å². The molecule has 21 heavy (non-hydrogen) atoms. The summed E-state index contributed by atoms with van der Waals surface area (Å²) in [5, 5.41) is 11.6. The van der Waals surface area contributed by atoms with E-state index in [1.165, 1.54) is 0 Å². The van der Waals surface area contributed by atoms with Gasteiger partial charge < -0.3 is 10.4 Å². The molecule has 1 aliphatic carbocycles. The van der Waals surface area contributed by atoms with E-state index in [0.29, 0.717) is 12.8 Å². The van der Waals surface area contributed by atoms with Crippen molar-refractivity contribution in [3.8, 4) is 0 Å². The van der Waals surface area contributed by atoms with Gasteiger partial charge in [0.25, 0.3) is 0 Å². The summed E-state index contributed by atoms with van der Waals surface area (Å²) in [6.45, 7) is -0.172. The number of rotatable bonds is 4. The quantitative estimate of drug-likeness (QED) is 0.837. The molecule has 6 heteroatoms. The lowest BCUT2D eigenvalue weighted by molar-refractivity contribution is -0.147. The van der Waals surface area contributed by atoms with E-state index in [1.54, 1.807) is 12.2 Å². The molecule has 0 bridgehead atoms. The number of aliphatic carboxylic acids is 1. The maximum atomic E-state index is 13.4. The summed E-state index contributed by atoms with van der Waals surface area (Å²) >= 11 is 0. The number of amides is 1. The Morgan fingerprint density at radius 2 is 1.86 bits per heavy atom. The molecular weight excluding hydrogens is 280 g/mol. The number of halogens is 2. The van der Waals surface area contributed by atoms with Crippen molar-refractivity contribution >= 4 is 11.9 Å². The van der Waals surface area contributed by atoms with E-state index < -0.39 is 35.3 Å². The number of benzene rings is 1. The Kier molecular flexibility index (Phi) is 4.67. The molecule has 1 aromatic rings. The summed E-state index contributed by atoms with van der Waals surface area (Å²) in [6.07, 6.45) is 4.11. The van der Waals surface area contributed by atoms with Crippen LogP contribution in [0.2, 0.25) is 0 Å². The van der Waals surface area contributed by atoms with Gasteiger partial charge in [0.2, 0.25) is 5.91 Å². The van der Waals surface area contributed by atoms with E-state index >= 15 is 0 Å². The molecule has 1 amide bonds. The first-order valence-electron chi connectivity index (χ1n) is 6.58. The number of hydrogen-bond acceptors (Lipinski definition) is 2. The van der Waals surface area contributed by atoms with Gasteiger partial charge in [0.15, 0.2) is 0 Å². The van der Waals surface area contributed by atoms with Crippen molar-refractivity contribution in [3.05, 3.63) is 47.5 Å². The molecule has 0 spiro atoms. The summed E-state index contributed by atoms with van der Waals surface area (Å²) < 4.78 is 26.5. The molecule has 2 N–H and O–H groups in total. The Balaban J connectivity index is 2.02. The molecule has 4 nitrogen and oxygen atoms in total. The van der Waals surface area contributed by atoms with Crippen molar-refractivity contribution < 1.29 is 23.5 Å². The predicted octanol–water partition coefficient (Wildman–Crippen LogP) is 2.25. The third kappa shape index (κ3) is 3.65. The van der Waals surface area contributed by atoms with Crippen LogP contribution in [0.4, 0.5) is 8.78 Å². The SMILES string of the molecule is O=C(O)[C@H]1CC=CC[C@H]1C(=O)NCc1cc(F)ccc1F. The van der Waals surface area contributed by atoms with Gasteiger partial charge in [-0.3, -0.25) is 9.59 Å². The molecule has 1 aromatic carbocycles. The second kappa shape index (κ2) is 6.47. The van der Waals surface area contributed by atoms with Crippen LogP contribution in [0.15, 0.2) is 30.4 Å². The fourth-order valence-electron chi connectivity index (χ4n) is 2.37. The summed E-state index contributed by atoms with van der Waals surface area (Å²) in [5.41, 5.74) is 0.0292. The smallest absolute Gasteiger partial charge is 0.307 e. The Bertz CT molecular complexity index is 586. The lowest BCUT2D eigenvalue weighted by Crippen LogP contribution is -2.38. The highest BCUT2D eigenvalue weighted by atomic mass is 19.1. The summed E-state index contributed by atoms with van der Waals surface area (Å²) in [4.78, 5) is 23.2. The standard InChI is InChI=1S/C15H15F2NO3/c16-10-5-6-13(17)9(7-10)8-18-14(19)11-3-1-2-4-12(11)15(20)21/h1-2,5-7,11-12H,3-4,8H2,(H,18,19)(H,20,21)/t11-,12+/m1/s1. The Labute approximate surface area is 120 Å². The van der Waals surface area contributed by atoms with E-state index in [-0.39, 0.29) is 12.1 Å². The van der Waals surface area contributed by atoms with Gasteiger partial charge in [-0.2, -0.15) is 0 Å². The van der Waals surface area contributed by atoms with Gasteiger partial charge in [0.05, 0.1) is 11.8 Å². The minimum atomic E-state index is -1.03. The molecule has 0 unspecified atom stereocenters. The van der Waals surface area contributed by atoms with E-state index in [1.807, 2.05) is 0 Å². The normalized spacial score (nSPS) is 21.0. The first kappa shape index (κ1) is 15.2. The zero-order valence-corrected chi connectivity index (χ0v) is 11.2. The summed E-state index contributed by atoms with van der Waals surface area (Å²) in [5.74, 6) is -4.18. The number of carbonyl (C=O) groups is 2. The minimum absolute atomic E-state index is 0.0292. The second-order valence-electron chi connectivity index (χ2n) is 4.95. The molecule has 0 radical (unpaired) electrons. The molecule has 0 saturated carbocycles. The highest BCUT2D eigenvalue weighted by molar-refractivity contribution is 5.85. The van der Waals surface area contributed by atoms with E-state index in [2.05, 4.69) is 5.32 Å². The van der Waals surface area contributed by atoms with Crippen LogP contribution in [0.25, 0.3) is 0 Å². The van der Waals surface area contributed by atoms with Gasteiger partial charge in [-0.25, -0.2) is 8.78 Å². The number of carboxylic acids is 1. The summed E-state index contributed by atoms with van der Waals surface area (Å²) in [7, 11) is 0. The maximum Gasteiger partial charge on any atom is 0.307 e. The second-order valence-corrected chi connectivity index (χ2v) is 4.95. The zero-order valence-electron chi connectivity index (χ0n) is 11.2. The topological polar surface area (TPSA) is 66.4 Å². The average molecular weight is 295 g/mol. The van der Waals surface area contributed by atoms with Gasteiger partial charge in [-0.05, 0) is 31.0 Å². The lowest BCUT2D eigenvalue weighted by atomic mass is 9.82. The van der Waals surface area contributed by atoms with Crippen LogP contribution >= 0.6 is 0 Å². The molecule has 2 atom stereocenters. The largest absolute Gasteiger partial charge is 0.481 e. The average Bonchev–Trinajstić information content (AvgIpc) is 2.47. The van der Waals surface area contributed by atoms with Crippen LogP contribution in [0.1, 0.15) is 18.4 Å². The molecule has 0 saturated heterocycles. The molecular formula is C15H15F2NO3. The monoisotopic (exact) mass is 295 g/mol. The van der Waals surface area contributed by atoms with Gasteiger partial charge in [0, 0.05) is 12.1 Å². The molecule has 0 aliphatic heterocycles. The highest BCUT2D eigenvalue weighted by Crippen LogP contribution is 2.26. The van der Waals surface area contributed by atoms with Crippen LogP contribution < -0.4 is 5.32 Å². The molecule has 2 rings (SSSR count). The van der Waals surface area contributed by atoms with Crippen molar-refractivity contribution in [2.45, 2.75) is 19.4 Å². The van der Waals surface area contributed by atoms with Gasteiger partial charge >= 0.3 is 5.97 Å². The van der Waals surface area contributed by atoms with Crippen LogP contribution in [0, 0.1) is 23.5 Å². The lowest BCUT2D eigenvalue weighted by Gasteiger charge is -2.24. The third-order valence-corrected chi connectivity index (χ3v) is 3.55. The minimum Gasteiger partial charge on any atom is -0.481 e. The first-order chi connectivity index (χ1) is 9.99. The Morgan fingerprint density at radius 1 is 1.19 bits per heavy atom. The number of nitrogens with one attached hydrogen (secondary N) is 1. The van der Waals surface area contributed by atoms with Crippen molar-refractivity contribution in [1.82, 2.24) is 5.32 Å². The zero-order chi connectivity index (χ0) is 15.4. The molecule has 112 valence electrons. The van der Waals surface area contributed by atoms with E-state index in [4.69, 9.17) is 5.11 Å². The first-order valence-corrected chi connectivity index (χ1v) is 6.58. The van der Waals surface area contributed by atoms with Crippen molar-refractivity contribution in [2.24, 2.45) is 11.8 Å². The van der Waals surface area contributed by atoms with Gasteiger partial charge in [0.1, 0.15) is 11.6 Å². The molecule has 0 aromatic heterocycles. The van der Waals surface area contributed by atoms with Crippen LogP contribution in [-0.4, -0.2) is 17.0 Å². The van der Waals surface area contributed by atoms with Gasteiger partial charge in [-0.15, -0.1) is 0 Å². The molecule has 0 fully saturated rings. The maximum absolute atomic E-state index is 13.4. The van der Waals surface area contributed by atoms with Crippen molar-refractivity contribution in [1.29, 1.82) is 0 Å². The number of carbonyl (C=O) groups excluding carboxylic acids is 1. The van der Waals surface area contributed by atoms with E-state index in [9.17, 15) is 18.4 Å². The van der Waals surface area contributed by atoms with E-state index in [0.717, 1.165) is 18.2 Å². The molecule has 1 aliphatic rings. The van der Waals surface area contributed by atoms with Crippen molar-refractivity contribution in [3.63, 3.8) is 0 Å². The van der Waals surface area contributed by atoms with Crippen LogP contribution in [-0.2, 0) is 16.1 Å². The number of hydrogen-bond donors (Lipinski definition) is 2.